The molecule has 3 heteroatoms. The molecular formula is C9H9NOS. The molecule has 2 nitrogen and oxygen atoms in total. The molecule has 1 aromatic rings. The van der Waals surface area contributed by atoms with Crippen LogP contribution in [0, 0.1) is 0 Å². The van der Waals surface area contributed by atoms with Crippen molar-refractivity contribution < 1.29 is 4.79 Å². The van der Waals surface area contributed by atoms with Crippen molar-refractivity contribution in [2.45, 2.75) is 4.90 Å². The molecule has 0 atom stereocenters. The number of benzene rings is 1. The monoisotopic (exact) mass is 179 g/mol. The lowest BCUT2D eigenvalue weighted by Crippen LogP contribution is -2.10. The van der Waals surface area contributed by atoms with Gasteiger partial charge < -0.3 is 0 Å². The summed E-state index contributed by atoms with van der Waals surface area (Å²) in [7, 11) is 0. The molecule has 0 heterocycles. The maximum Gasteiger partial charge on any atom is 0.253 e. The third-order valence-electron chi connectivity index (χ3n) is 1.20. The van der Waals surface area contributed by atoms with Crippen LogP contribution in [0.2, 0.25) is 0 Å². The smallest absolute Gasteiger partial charge is 0.253 e. The second kappa shape index (κ2) is 4.62. The lowest BCUT2D eigenvalue weighted by Gasteiger charge is -1.99. The Labute approximate surface area is 75.8 Å². The van der Waals surface area contributed by atoms with E-state index in [9.17, 15) is 4.79 Å². The van der Waals surface area contributed by atoms with E-state index in [1.807, 2.05) is 30.3 Å². The first-order valence-corrected chi connectivity index (χ1v) is 4.29. The predicted octanol–water partition coefficient (Wildman–Crippen LogP) is 2.00. The Morgan fingerprint density at radius 3 is 2.67 bits per heavy atom. The number of carbonyl (C=O) groups excluding carboxylic acids is 1. The van der Waals surface area contributed by atoms with Gasteiger partial charge in [-0.25, -0.2) is 0 Å². The van der Waals surface area contributed by atoms with Crippen LogP contribution in [0.25, 0.3) is 0 Å². The van der Waals surface area contributed by atoms with E-state index in [1.54, 1.807) is 0 Å². The number of carbonyl (C=O) groups is 1. The van der Waals surface area contributed by atoms with Crippen LogP contribution >= 0.6 is 11.9 Å². The van der Waals surface area contributed by atoms with E-state index in [2.05, 4.69) is 11.3 Å². The van der Waals surface area contributed by atoms with Crippen LogP contribution in [0.1, 0.15) is 0 Å². The zero-order chi connectivity index (χ0) is 8.81. The van der Waals surface area contributed by atoms with Crippen LogP contribution in [0.15, 0.2) is 47.9 Å². The molecule has 12 heavy (non-hydrogen) atoms. The molecule has 0 spiro atoms. The molecule has 62 valence electrons. The summed E-state index contributed by atoms with van der Waals surface area (Å²) >= 11 is 1.28. The molecule has 0 aliphatic rings. The zero-order valence-corrected chi connectivity index (χ0v) is 7.30. The van der Waals surface area contributed by atoms with Crippen molar-refractivity contribution in [3.63, 3.8) is 0 Å². The summed E-state index contributed by atoms with van der Waals surface area (Å²) in [6.07, 6.45) is 1.25. The summed E-state index contributed by atoms with van der Waals surface area (Å²) in [6.45, 7) is 3.35. The second-order valence-electron chi connectivity index (χ2n) is 2.09. The number of hydrogen-bond acceptors (Lipinski definition) is 2. The second-order valence-corrected chi connectivity index (χ2v) is 2.97. The average Bonchev–Trinajstić information content (AvgIpc) is 2.16. The molecule has 1 amide bonds. The molecule has 0 bridgehead atoms. The van der Waals surface area contributed by atoms with Gasteiger partial charge in [-0.05, 0) is 30.2 Å². The van der Waals surface area contributed by atoms with Crippen molar-refractivity contribution in [1.29, 1.82) is 0 Å². The highest BCUT2D eigenvalue weighted by Crippen LogP contribution is 2.12. The Balaban J connectivity index is 2.43. The Morgan fingerprint density at radius 1 is 1.42 bits per heavy atom. The fourth-order valence-corrected chi connectivity index (χ4v) is 1.23. The van der Waals surface area contributed by atoms with Gasteiger partial charge in [-0.3, -0.25) is 9.52 Å². The molecule has 0 saturated carbocycles. The maximum absolute atomic E-state index is 10.7. The van der Waals surface area contributed by atoms with Gasteiger partial charge in [0.25, 0.3) is 5.91 Å². The van der Waals surface area contributed by atoms with Crippen LogP contribution in [0.4, 0.5) is 0 Å². The molecule has 1 aromatic carbocycles. The van der Waals surface area contributed by atoms with E-state index < -0.39 is 0 Å². The zero-order valence-electron chi connectivity index (χ0n) is 6.49. The van der Waals surface area contributed by atoms with Crippen molar-refractivity contribution in [2.24, 2.45) is 0 Å². The fraction of sp³-hybridized carbons (Fsp3) is 0. The number of nitrogens with one attached hydrogen (secondary N) is 1. The summed E-state index contributed by atoms with van der Waals surface area (Å²) in [5.41, 5.74) is 0. The SMILES string of the molecule is C=CC(=O)NSc1ccccc1. The molecule has 0 aliphatic heterocycles. The molecule has 0 saturated heterocycles. The maximum atomic E-state index is 10.7. The highest BCUT2D eigenvalue weighted by Gasteiger charge is 1.94. The first kappa shape index (κ1) is 8.87. The van der Waals surface area contributed by atoms with E-state index in [0.717, 1.165) is 4.90 Å². The number of amides is 1. The van der Waals surface area contributed by atoms with Crippen molar-refractivity contribution in [2.75, 3.05) is 0 Å². The Morgan fingerprint density at radius 2 is 2.08 bits per heavy atom. The van der Waals surface area contributed by atoms with E-state index in [-0.39, 0.29) is 5.91 Å². The van der Waals surface area contributed by atoms with Gasteiger partial charge in [0.1, 0.15) is 0 Å². The lowest BCUT2D eigenvalue weighted by molar-refractivity contribution is -0.114. The summed E-state index contributed by atoms with van der Waals surface area (Å²) in [5, 5.41) is 0. The summed E-state index contributed by atoms with van der Waals surface area (Å²) in [5.74, 6) is -0.177. The van der Waals surface area contributed by atoms with Gasteiger partial charge >= 0.3 is 0 Å². The van der Waals surface area contributed by atoms with E-state index in [1.165, 1.54) is 18.0 Å². The molecule has 1 rings (SSSR count). The van der Waals surface area contributed by atoms with Crippen LogP contribution < -0.4 is 4.72 Å². The molecule has 1 N–H and O–H groups in total. The summed E-state index contributed by atoms with van der Waals surface area (Å²) in [6, 6.07) is 9.62. The van der Waals surface area contributed by atoms with Gasteiger partial charge in [0.05, 0.1) is 0 Å². The fourth-order valence-electron chi connectivity index (χ4n) is 0.639. The van der Waals surface area contributed by atoms with Gasteiger partial charge in [-0.15, -0.1) is 0 Å². The summed E-state index contributed by atoms with van der Waals surface area (Å²) in [4.78, 5) is 11.7. The Bertz CT molecular complexity index is 271. The Kier molecular flexibility index (Phi) is 3.41. The van der Waals surface area contributed by atoms with E-state index in [0.29, 0.717) is 0 Å². The average molecular weight is 179 g/mol. The van der Waals surface area contributed by atoms with Crippen molar-refractivity contribution in [3.8, 4) is 0 Å². The first-order chi connectivity index (χ1) is 5.83. The highest BCUT2D eigenvalue weighted by molar-refractivity contribution is 7.98. The van der Waals surface area contributed by atoms with Gasteiger partial charge in [-0.2, -0.15) is 0 Å². The predicted molar refractivity (Wildman–Crippen MR) is 50.6 cm³/mol. The minimum absolute atomic E-state index is 0.177. The highest BCUT2D eigenvalue weighted by atomic mass is 32.2. The van der Waals surface area contributed by atoms with Gasteiger partial charge in [0, 0.05) is 4.90 Å². The molecule has 0 radical (unpaired) electrons. The molecular weight excluding hydrogens is 170 g/mol. The normalized spacial score (nSPS) is 9.00. The number of hydrogen-bond donors (Lipinski definition) is 1. The van der Waals surface area contributed by atoms with Gasteiger partial charge in [0.15, 0.2) is 0 Å². The summed E-state index contributed by atoms with van der Waals surface area (Å²) < 4.78 is 2.61. The third-order valence-corrected chi connectivity index (χ3v) is 2.01. The number of rotatable bonds is 3. The van der Waals surface area contributed by atoms with Crippen molar-refractivity contribution in [1.82, 2.24) is 4.72 Å². The molecule has 0 unspecified atom stereocenters. The van der Waals surface area contributed by atoms with E-state index in [4.69, 9.17) is 0 Å². The lowest BCUT2D eigenvalue weighted by atomic mass is 10.4. The minimum Gasteiger partial charge on any atom is -0.292 e. The van der Waals surface area contributed by atoms with Crippen LogP contribution in [-0.4, -0.2) is 5.91 Å². The molecule has 0 fully saturated rings. The van der Waals surface area contributed by atoms with Crippen molar-refractivity contribution >= 4 is 17.9 Å². The topological polar surface area (TPSA) is 29.1 Å². The Hall–Kier alpha value is -1.22. The minimum atomic E-state index is -0.177. The third kappa shape index (κ3) is 2.80. The van der Waals surface area contributed by atoms with E-state index >= 15 is 0 Å². The van der Waals surface area contributed by atoms with Gasteiger partial charge in [-0.1, -0.05) is 24.8 Å². The quantitative estimate of drug-likeness (QED) is 0.568. The first-order valence-electron chi connectivity index (χ1n) is 3.47. The van der Waals surface area contributed by atoms with Crippen LogP contribution in [0.5, 0.6) is 0 Å². The largest absolute Gasteiger partial charge is 0.292 e. The van der Waals surface area contributed by atoms with Crippen LogP contribution in [-0.2, 0) is 4.79 Å². The molecule has 0 aromatic heterocycles. The van der Waals surface area contributed by atoms with Crippen molar-refractivity contribution in [3.05, 3.63) is 43.0 Å². The van der Waals surface area contributed by atoms with Gasteiger partial charge in [0.2, 0.25) is 0 Å². The molecule has 0 aliphatic carbocycles. The van der Waals surface area contributed by atoms with Crippen LogP contribution in [0.3, 0.4) is 0 Å². The standard InChI is InChI=1S/C9H9NOS/c1-2-9(11)10-12-8-6-4-3-5-7-8/h2-7H,1H2,(H,10,11).